The minimum absolute atomic E-state index is 0.0233. The van der Waals surface area contributed by atoms with E-state index in [0.717, 1.165) is 48.6 Å². The van der Waals surface area contributed by atoms with E-state index < -0.39 is 17.6 Å². The first-order valence-corrected chi connectivity index (χ1v) is 13.2. The Balaban J connectivity index is 0.000000426. The first-order chi connectivity index (χ1) is 17.9. The number of alkyl halides is 3. The first-order valence-electron chi connectivity index (χ1n) is 12.3. The Bertz CT molecular complexity index is 1220. The number of carbonyl (C=O) groups excluding carboxylic acids is 2. The molecule has 2 atom stereocenters. The van der Waals surface area contributed by atoms with Crippen molar-refractivity contribution >= 4 is 29.1 Å². The molecular formula is C25H30F3N5O4S. The number of likely N-dealkylation sites (tertiary alicyclic amines) is 2. The fraction of sp³-hybridized carbons (Fsp3) is 0.560. The molecule has 1 aliphatic carbocycles. The third-order valence-electron chi connectivity index (χ3n) is 7.45. The summed E-state index contributed by atoms with van der Waals surface area (Å²) in [7, 11) is 1.93. The smallest absolute Gasteiger partial charge is 0.475 e. The number of carbonyl (C=O) groups is 3. The molecule has 1 N–H and O–H groups in total. The van der Waals surface area contributed by atoms with Crippen molar-refractivity contribution in [1.82, 2.24) is 24.6 Å². The monoisotopic (exact) mass is 553 g/mol. The molecular weight excluding hydrogens is 523 g/mol. The van der Waals surface area contributed by atoms with Crippen LogP contribution in [0, 0.1) is 18.3 Å². The molecule has 9 nitrogen and oxygen atoms in total. The second kappa shape index (κ2) is 10.9. The van der Waals surface area contributed by atoms with Gasteiger partial charge in [0, 0.05) is 55.8 Å². The Morgan fingerprint density at radius 1 is 1.26 bits per heavy atom. The molecule has 3 aliphatic rings. The molecule has 4 heterocycles. The minimum atomic E-state index is -5.08. The number of aliphatic carboxylic acids is 1. The topological polar surface area (TPSA) is 109 Å². The quantitative estimate of drug-likeness (QED) is 0.581. The lowest BCUT2D eigenvalue weighted by Gasteiger charge is -2.42. The van der Waals surface area contributed by atoms with Gasteiger partial charge in [0.15, 0.2) is 0 Å². The standard InChI is InChI=1S/C23H29N5O2S.C2HF3O2/c1-16-25-18(14-31-16)12-27-11-5-9-23(22(27)30)15-28(21(29)17-6-3-4-7-17)13-19(23)20-8-10-24-26(20)2;3-2(4,5)1(6)7/h3-4,8,10,14,17,19H,5-7,9,11-13,15H2,1-2H3;(H,6,7)/t19-,23+;/m0./s1. The molecule has 2 amide bonds. The van der Waals surface area contributed by atoms with Crippen molar-refractivity contribution < 1.29 is 32.7 Å². The van der Waals surface area contributed by atoms with Gasteiger partial charge in [0.25, 0.3) is 0 Å². The van der Waals surface area contributed by atoms with Crippen LogP contribution >= 0.6 is 11.3 Å². The Morgan fingerprint density at radius 3 is 2.50 bits per heavy atom. The van der Waals surface area contributed by atoms with Crippen LogP contribution < -0.4 is 0 Å². The van der Waals surface area contributed by atoms with Crippen molar-refractivity contribution in [3.63, 3.8) is 0 Å². The van der Waals surface area contributed by atoms with Crippen LogP contribution in [-0.2, 0) is 28.0 Å². The molecule has 0 aromatic carbocycles. The van der Waals surface area contributed by atoms with E-state index in [-0.39, 0.29) is 23.7 Å². The van der Waals surface area contributed by atoms with Crippen molar-refractivity contribution in [3.05, 3.63) is 46.2 Å². The molecule has 2 saturated heterocycles. The first kappa shape index (κ1) is 27.8. The maximum absolute atomic E-state index is 14.0. The SMILES string of the molecule is Cc1nc(CN2CCC[C@]3(CN(C(=O)C4CC=CC4)C[C@H]3c3ccnn3C)C2=O)cs1.O=C(O)C(F)(F)F. The van der Waals surface area contributed by atoms with Gasteiger partial charge in [-0.25, -0.2) is 9.78 Å². The van der Waals surface area contributed by atoms with Crippen molar-refractivity contribution in [2.75, 3.05) is 19.6 Å². The average molecular weight is 554 g/mol. The summed E-state index contributed by atoms with van der Waals surface area (Å²) >= 11 is 1.62. The number of thiazole rings is 1. The van der Waals surface area contributed by atoms with E-state index in [2.05, 4.69) is 22.2 Å². The van der Waals surface area contributed by atoms with Crippen molar-refractivity contribution in [3.8, 4) is 0 Å². The lowest BCUT2D eigenvalue weighted by atomic mass is 9.70. The normalized spacial score (nSPS) is 23.7. The van der Waals surface area contributed by atoms with Gasteiger partial charge in [-0.2, -0.15) is 18.3 Å². The maximum Gasteiger partial charge on any atom is 0.490 e. The average Bonchev–Trinajstić information content (AvgIpc) is 3.65. The highest BCUT2D eigenvalue weighted by atomic mass is 32.1. The highest BCUT2D eigenvalue weighted by molar-refractivity contribution is 7.09. The summed E-state index contributed by atoms with van der Waals surface area (Å²) in [5, 5.41) is 14.6. The number of rotatable bonds is 4. The highest BCUT2D eigenvalue weighted by Crippen LogP contribution is 2.50. The summed E-state index contributed by atoms with van der Waals surface area (Å²) in [5.41, 5.74) is 1.41. The van der Waals surface area contributed by atoms with E-state index in [1.165, 1.54) is 0 Å². The Labute approximate surface area is 221 Å². The van der Waals surface area contributed by atoms with Crippen LogP contribution in [0.25, 0.3) is 0 Å². The number of aryl methyl sites for hydroxylation is 2. The summed E-state index contributed by atoms with van der Waals surface area (Å²) in [6.07, 6.45) is 4.26. The van der Waals surface area contributed by atoms with Crippen LogP contribution in [-0.4, -0.2) is 73.3 Å². The molecule has 2 aromatic heterocycles. The number of nitrogens with zero attached hydrogens (tertiary/aromatic N) is 5. The molecule has 2 fully saturated rings. The zero-order valence-corrected chi connectivity index (χ0v) is 22.0. The maximum atomic E-state index is 14.0. The number of hydrogen-bond donors (Lipinski definition) is 1. The Hall–Kier alpha value is -3.22. The van der Waals surface area contributed by atoms with E-state index in [1.807, 2.05) is 39.9 Å². The summed E-state index contributed by atoms with van der Waals surface area (Å²) in [5.74, 6) is -2.42. The molecule has 13 heteroatoms. The van der Waals surface area contributed by atoms with Gasteiger partial charge >= 0.3 is 12.1 Å². The van der Waals surface area contributed by atoms with Crippen molar-refractivity contribution in [2.45, 2.75) is 51.2 Å². The van der Waals surface area contributed by atoms with Crippen LogP contribution in [0.2, 0.25) is 0 Å². The lowest BCUT2D eigenvalue weighted by Crippen LogP contribution is -2.52. The lowest BCUT2D eigenvalue weighted by molar-refractivity contribution is -0.192. The number of allylic oxidation sites excluding steroid dienone is 2. The number of hydrogen-bond acceptors (Lipinski definition) is 6. The van der Waals surface area contributed by atoms with E-state index in [4.69, 9.17) is 9.90 Å². The van der Waals surface area contributed by atoms with Crippen molar-refractivity contribution in [1.29, 1.82) is 0 Å². The molecule has 0 unspecified atom stereocenters. The highest BCUT2D eigenvalue weighted by Gasteiger charge is 2.57. The van der Waals surface area contributed by atoms with E-state index in [1.54, 1.807) is 17.5 Å². The van der Waals surface area contributed by atoms with Gasteiger partial charge < -0.3 is 14.9 Å². The predicted molar refractivity (Wildman–Crippen MR) is 132 cm³/mol. The third-order valence-corrected chi connectivity index (χ3v) is 8.28. The molecule has 0 saturated carbocycles. The Kier molecular flexibility index (Phi) is 7.96. The summed E-state index contributed by atoms with van der Waals surface area (Å²) in [6.45, 7) is 4.37. The van der Waals surface area contributed by atoms with Gasteiger partial charge in [-0.3, -0.25) is 14.3 Å². The second-order valence-electron chi connectivity index (χ2n) is 9.94. The molecule has 2 aliphatic heterocycles. The van der Waals surface area contributed by atoms with Crippen LogP contribution in [0.1, 0.15) is 48.0 Å². The summed E-state index contributed by atoms with van der Waals surface area (Å²) < 4.78 is 33.6. The molecule has 2 aromatic rings. The van der Waals surface area contributed by atoms with E-state index >= 15 is 0 Å². The fourth-order valence-electron chi connectivity index (χ4n) is 5.66. The van der Waals surface area contributed by atoms with Crippen LogP contribution in [0.3, 0.4) is 0 Å². The van der Waals surface area contributed by atoms with Gasteiger partial charge in [-0.1, -0.05) is 12.2 Å². The Morgan fingerprint density at radius 2 is 1.95 bits per heavy atom. The van der Waals surface area contributed by atoms with Crippen molar-refractivity contribution in [2.24, 2.45) is 18.4 Å². The molecule has 206 valence electrons. The summed E-state index contributed by atoms with van der Waals surface area (Å²) in [4.78, 5) is 44.7. The zero-order valence-electron chi connectivity index (χ0n) is 21.1. The molecule has 0 radical (unpaired) electrons. The van der Waals surface area contributed by atoms with Gasteiger partial charge in [0.2, 0.25) is 11.8 Å². The molecule has 38 heavy (non-hydrogen) atoms. The number of aromatic nitrogens is 3. The molecule has 1 spiro atoms. The third kappa shape index (κ3) is 5.62. The van der Waals surface area contributed by atoms with Crippen LogP contribution in [0.5, 0.6) is 0 Å². The molecule has 0 bridgehead atoms. The predicted octanol–water partition coefficient (Wildman–Crippen LogP) is 3.52. The fourth-order valence-corrected chi connectivity index (χ4v) is 6.27. The number of amides is 2. The minimum Gasteiger partial charge on any atom is -0.475 e. The number of carboxylic acids is 1. The largest absolute Gasteiger partial charge is 0.490 e. The van der Waals surface area contributed by atoms with Gasteiger partial charge in [0.05, 0.1) is 22.7 Å². The number of carboxylic acid groups (broad SMARTS) is 1. The van der Waals surface area contributed by atoms with Crippen LogP contribution in [0.4, 0.5) is 13.2 Å². The molecule has 5 rings (SSSR count). The number of piperidine rings is 1. The second-order valence-corrected chi connectivity index (χ2v) is 11.0. The van der Waals surface area contributed by atoms with Gasteiger partial charge in [-0.15, -0.1) is 11.3 Å². The van der Waals surface area contributed by atoms with Gasteiger partial charge in [-0.05, 0) is 38.7 Å². The van der Waals surface area contributed by atoms with E-state index in [0.29, 0.717) is 19.6 Å². The zero-order chi connectivity index (χ0) is 27.7. The van der Waals surface area contributed by atoms with Crippen LogP contribution in [0.15, 0.2) is 29.8 Å². The summed E-state index contributed by atoms with van der Waals surface area (Å²) in [6, 6.07) is 2.01. The van der Waals surface area contributed by atoms with Gasteiger partial charge in [0.1, 0.15) is 0 Å². The van der Waals surface area contributed by atoms with E-state index in [9.17, 15) is 22.8 Å². The number of halogens is 3.